The van der Waals surface area contributed by atoms with Crippen molar-refractivity contribution in [3.8, 4) is 11.6 Å². The summed E-state index contributed by atoms with van der Waals surface area (Å²) < 4.78 is 11.9. The van der Waals surface area contributed by atoms with Gasteiger partial charge < -0.3 is 9.47 Å². The molecule has 1 aromatic heterocycles. The van der Waals surface area contributed by atoms with Crippen LogP contribution in [0.4, 0.5) is 4.79 Å². The van der Waals surface area contributed by atoms with Crippen LogP contribution in [0.3, 0.4) is 0 Å². The summed E-state index contributed by atoms with van der Waals surface area (Å²) in [4.78, 5) is 12.8. The Bertz CT molecular complexity index is 696. The van der Waals surface area contributed by atoms with Crippen LogP contribution in [0.5, 0.6) is 5.88 Å². The molecule has 2 aromatic rings. The molecule has 136 valence electrons. The Hall–Kier alpha value is -2.47. The zero-order chi connectivity index (χ0) is 18.8. The van der Waals surface area contributed by atoms with Gasteiger partial charge in [-0.2, -0.15) is 0 Å². The molecule has 1 heterocycles. The number of aromatic nitrogens is 2. The van der Waals surface area contributed by atoms with Crippen molar-refractivity contribution in [2.75, 3.05) is 20.8 Å². The fraction of sp³-hybridized carbons (Fsp3) is 0.333. The molecule has 0 unspecified atom stereocenters. The van der Waals surface area contributed by atoms with Crippen LogP contribution >= 0.6 is 11.6 Å². The number of benzene rings is 1. The van der Waals surface area contributed by atoms with Crippen LogP contribution < -0.4 is 4.74 Å². The van der Waals surface area contributed by atoms with Gasteiger partial charge >= 0.3 is 6.09 Å². The zero-order valence-corrected chi connectivity index (χ0v) is 15.9. The van der Waals surface area contributed by atoms with Gasteiger partial charge in [-0.3, -0.25) is 4.90 Å². The second-order valence-corrected chi connectivity index (χ2v) is 5.20. The van der Waals surface area contributed by atoms with Crippen LogP contribution in [-0.4, -0.2) is 41.5 Å². The quantitative estimate of drug-likeness (QED) is 0.780. The van der Waals surface area contributed by atoms with E-state index in [-0.39, 0.29) is 0 Å². The Morgan fingerprint density at radius 2 is 1.92 bits per heavy atom. The predicted molar refractivity (Wildman–Crippen MR) is 99.3 cm³/mol. The normalized spacial score (nSPS) is 10.6. The van der Waals surface area contributed by atoms with E-state index in [1.54, 1.807) is 49.1 Å². The Morgan fingerprint density at radius 1 is 1.28 bits per heavy atom. The molecule has 0 spiro atoms. The molecule has 2 rings (SSSR count). The van der Waals surface area contributed by atoms with E-state index < -0.39 is 6.09 Å². The van der Waals surface area contributed by atoms with E-state index in [0.717, 1.165) is 11.4 Å². The topological polar surface area (TPSA) is 56.6 Å². The molecule has 25 heavy (non-hydrogen) atoms. The minimum Gasteiger partial charge on any atom is -0.472 e. The summed E-state index contributed by atoms with van der Waals surface area (Å²) in [6.07, 6.45) is 3.15. The number of halogens is 1. The maximum Gasteiger partial charge on any atom is 0.413 e. The number of carbonyl (C=O) groups excluding carboxylic acids is 1. The second-order valence-electron chi connectivity index (χ2n) is 4.76. The molecule has 0 fully saturated rings. The highest BCUT2D eigenvalue weighted by Crippen LogP contribution is 2.15. The number of ether oxygens (including phenoxy) is 2. The van der Waals surface area contributed by atoms with Gasteiger partial charge in [0.05, 0.1) is 12.8 Å². The minimum absolute atomic E-state index is 0.296. The number of hydrogen-bond donors (Lipinski definition) is 0. The Morgan fingerprint density at radius 3 is 2.52 bits per heavy atom. The van der Waals surface area contributed by atoms with Crippen LogP contribution in [0.1, 0.15) is 20.8 Å². The molecular formula is C18H24ClN3O3. The molecule has 0 saturated carbocycles. The minimum atomic E-state index is -0.425. The zero-order valence-electron chi connectivity index (χ0n) is 15.2. The molecule has 1 amide bonds. The highest BCUT2D eigenvalue weighted by Gasteiger charge is 2.09. The van der Waals surface area contributed by atoms with Crippen LogP contribution in [0.25, 0.3) is 5.69 Å². The average molecular weight is 366 g/mol. The fourth-order valence-corrected chi connectivity index (χ4v) is 1.91. The van der Waals surface area contributed by atoms with Crippen LogP contribution in [0, 0.1) is 0 Å². The molecule has 0 saturated heterocycles. The van der Waals surface area contributed by atoms with E-state index >= 15 is 0 Å². The van der Waals surface area contributed by atoms with E-state index in [4.69, 9.17) is 16.3 Å². The number of carbonyl (C=O) groups is 1. The molecule has 0 aliphatic heterocycles. The predicted octanol–water partition coefficient (Wildman–Crippen LogP) is 4.53. The third-order valence-corrected chi connectivity index (χ3v) is 3.50. The molecule has 0 radical (unpaired) electrons. The fourth-order valence-electron chi connectivity index (χ4n) is 1.79. The summed E-state index contributed by atoms with van der Waals surface area (Å²) in [5, 5.41) is 4.99. The summed E-state index contributed by atoms with van der Waals surface area (Å²) in [6, 6.07) is 9.10. The SMILES string of the molecule is CC.COC(=O)N(C)/C(C)=C\COc1ccn(-c2ccc(Cl)cc2)n1. The summed E-state index contributed by atoms with van der Waals surface area (Å²) >= 11 is 5.86. The van der Waals surface area contributed by atoms with Crippen molar-refractivity contribution in [2.24, 2.45) is 0 Å². The first-order valence-corrected chi connectivity index (χ1v) is 8.32. The molecule has 7 heteroatoms. The summed E-state index contributed by atoms with van der Waals surface area (Å²) in [7, 11) is 2.97. The van der Waals surface area contributed by atoms with Gasteiger partial charge in [0.15, 0.2) is 0 Å². The Labute approximate surface area is 153 Å². The number of rotatable bonds is 5. The molecule has 0 atom stereocenters. The maximum absolute atomic E-state index is 11.4. The molecular weight excluding hydrogens is 342 g/mol. The third kappa shape index (κ3) is 6.15. The molecule has 0 aliphatic rings. The van der Waals surface area contributed by atoms with E-state index in [1.165, 1.54) is 12.0 Å². The first-order chi connectivity index (χ1) is 12.0. The van der Waals surface area contributed by atoms with Gasteiger partial charge in [0, 0.05) is 30.0 Å². The first kappa shape index (κ1) is 20.6. The summed E-state index contributed by atoms with van der Waals surface area (Å²) in [5.74, 6) is 0.490. The molecule has 0 aliphatic carbocycles. The van der Waals surface area contributed by atoms with Crippen molar-refractivity contribution in [1.29, 1.82) is 0 Å². The van der Waals surface area contributed by atoms with Crippen molar-refractivity contribution >= 4 is 17.7 Å². The van der Waals surface area contributed by atoms with Crippen molar-refractivity contribution in [2.45, 2.75) is 20.8 Å². The smallest absolute Gasteiger partial charge is 0.413 e. The van der Waals surface area contributed by atoms with Gasteiger partial charge in [0.1, 0.15) is 6.61 Å². The number of allylic oxidation sites excluding steroid dienone is 1. The lowest BCUT2D eigenvalue weighted by Crippen LogP contribution is -2.24. The summed E-state index contributed by atoms with van der Waals surface area (Å²) in [5.41, 5.74) is 1.62. The van der Waals surface area contributed by atoms with Crippen LogP contribution in [0.2, 0.25) is 5.02 Å². The molecule has 1 aromatic carbocycles. The van der Waals surface area contributed by atoms with Crippen LogP contribution in [-0.2, 0) is 4.74 Å². The van der Waals surface area contributed by atoms with E-state index in [2.05, 4.69) is 9.84 Å². The Balaban J connectivity index is 0.00000151. The number of nitrogens with zero attached hydrogens (tertiary/aromatic N) is 3. The van der Waals surface area contributed by atoms with Crippen molar-refractivity contribution in [3.63, 3.8) is 0 Å². The Kier molecular flexibility index (Phi) is 8.56. The number of hydrogen-bond acceptors (Lipinski definition) is 4. The highest BCUT2D eigenvalue weighted by atomic mass is 35.5. The van der Waals surface area contributed by atoms with Crippen molar-refractivity contribution in [1.82, 2.24) is 14.7 Å². The lowest BCUT2D eigenvalue weighted by molar-refractivity contribution is 0.143. The third-order valence-electron chi connectivity index (χ3n) is 3.24. The van der Waals surface area contributed by atoms with Gasteiger partial charge in [-0.15, -0.1) is 5.10 Å². The first-order valence-electron chi connectivity index (χ1n) is 7.94. The number of methoxy groups -OCH3 is 1. The van der Waals surface area contributed by atoms with Gasteiger partial charge in [0.25, 0.3) is 0 Å². The summed E-state index contributed by atoms with van der Waals surface area (Å²) in [6.45, 7) is 6.09. The maximum atomic E-state index is 11.4. The van der Waals surface area contributed by atoms with Crippen molar-refractivity contribution in [3.05, 3.63) is 53.3 Å². The number of amides is 1. The van der Waals surface area contributed by atoms with Gasteiger partial charge in [-0.25, -0.2) is 9.48 Å². The average Bonchev–Trinajstić information content (AvgIpc) is 3.11. The molecule has 6 nitrogen and oxygen atoms in total. The molecule has 0 N–H and O–H groups in total. The highest BCUT2D eigenvalue weighted by molar-refractivity contribution is 6.30. The lowest BCUT2D eigenvalue weighted by Gasteiger charge is -2.15. The van der Waals surface area contributed by atoms with E-state index in [1.807, 2.05) is 26.0 Å². The van der Waals surface area contributed by atoms with Gasteiger partial charge in [-0.05, 0) is 37.3 Å². The van der Waals surface area contributed by atoms with Crippen LogP contribution in [0.15, 0.2) is 48.3 Å². The lowest BCUT2D eigenvalue weighted by atomic mass is 10.3. The monoisotopic (exact) mass is 365 g/mol. The van der Waals surface area contributed by atoms with E-state index in [9.17, 15) is 4.79 Å². The van der Waals surface area contributed by atoms with Gasteiger partial charge in [-0.1, -0.05) is 25.4 Å². The van der Waals surface area contributed by atoms with Crippen molar-refractivity contribution < 1.29 is 14.3 Å². The van der Waals surface area contributed by atoms with Gasteiger partial charge in [0.2, 0.25) is 5.88 Å². The second kappa shape index (κ2) is 10.4. The standard InChI is InChI=1S/C16H18ClN3O3.C2H6/c1-12(19(2)16(21)22-3)9-11-23-15-8-10-20(18-15)14-6-4-13(17)5-7-14;1-2/h4-10H,11H2,1-3H3;1-2H3/b12-9-;. The molecule has 0 bridgehead atoms. The largest absolute Gasteiger partial charge is 0.472 e. The van der Waals surface area contributed by atoms with E-state index in [0.29, 0.717) is 17.5 Å².